The zero-order valence-corrected chi connectivity index (χ0v) is 13.8. The first kappa shape index (κ1) is 17.7. The highest BCUT2D eigenvalue weighted by Crippen LogP contribution is 2.27. The van der Waals surface area contributed by atoms with E-state index in [0.717, 1.165) is 4.90 Å². The molecule has 0 saturated heterocycles. The minimum Gasteiger partial charge on any atom is -0.481 e. The standard InChI is InChI=1S/C17H20N2O5/c1-9(2)14(15(22)18-10(3)8-13(20)21)19-16(23)11-6-4-5-7-12(11)17(19)24/h4-7,9-10,14H,8H2,1-3H3,(H,18,22)(H,20,21). The van der Waals surface area contributed by atoms with E-state index in [4.69, 9.17) is 5.11 Å². The van der Waals surface area contributed by atoms with Crippen molar-refractivity contribution >= 4 is 23.7 Å². The van der Waals surface area contributed by atoms with E-state index in [1.54, 1.807) is 45.0 Å². The van der Waals surface area contributed by atoms with Crippen LogP contribution in [-0.2, 0) is 9.59 Å². The lowest BCUT2D eigenvalue weighted by Crippen LogP contribution is -2.54. The van der Waals surface area contributed by atoms with Gasteiger partial charge in [-0.3, -0.25) is 24.1 Å². The van der Waals surface area contributed by atoms with Gasteiger partial charge in [0.25, 0.3) is 11.8 Å². The van der Waals surface area contributed by atoms with Crippen molar-refractivity contribution in [1.82, 2.24) is 10.2 Å². The molecule has 24 heavy (non-hydrogen) atoms. The molecule has 0 saturated carbocycles. The predicted octanol–water partition coefficient (Wildman–Crippen LogP) is 1.29. The van der Waals surface area contributed by atoms with Crippen molar-refractivity contribution in [2.24, 2.45) is 5.92 Å². The van der Waals surface area contributed by atoms with Gasteiger partial charge in [-0.1, -0.05) is 26.0 Å². The van der Waals surface area contributed by atoms with Gasteiger partial charge in [-0.15, -0.1) is 0 Å². The summed E-state index contributed by atoms with van der Waals surface area (Å²) in [6.07, 6.45) is -0.237. The fraction of sp³-hybridized carbons (Fsp3) is 0.412. The monoisotopic (exact) mass is 332 g/mol. The Hall–Kier alpha value is -2.70. The maximum Gasteiger partial charge on any atom is 0.305 e. The first-order valence-electron chi connectivity index (χ1n) is 7.73. The fourth-order valence-corrected chi connectivity index (χ4v) is 2.82. The van der Waals surface area contributed by atoms with E-state index in [2.05, 4.69) is 5.32 Å². The van der Waals surface area contributed by atoms with Crippen LogP contribution in [0.3, 0.4) is 0 Å². The van der Waals surface area contributed by atoms with Crippen LogP contribution in [0.1, 0.15) is 47.9 Å². The molecule has 0 aromatic heterocycles. The summed E-state index contributed by atoms with van der Waals surface area (Å²) in [6, 6.07) is 4.83. The highest BCUT2D eigenvalue weighted by atomic mass is 16.4. The van der Waals surface area contributed by atoms with Gasteiger partial charge < -0.3 is 10.4 Å². The SMILES string of the molecule is CC(CC(=O)O)NC(=O)C(C(C)C)N1C(=O)c2ccccc2C1=O. The number of benzene rings is 1. The summed E-state index contributed by atoms with van der Waals surface area (Å²) in [7, 11) is 0. The molecule has 3 amide bonds. The van der Waals surface area contributed by atoms with Gasteiger partial charge in [-0.25, -0.2) is 0 Å². The molecule has 0 fully saturated rings. The quantitative estimate of drug-likeness (QED) is 0.764. The largest absolute Gasteiger partial charge is 0.481 e. The van der Waals surface area contributed by atoms with Gasteiger partial charge >= 0.3 is 5.97 Å². The number of fused-ring (bicyclic) bond motifs is 1. The van der Waals surface area contributed by atoms with E-state index < -0.39 is 35.8 Å². The number of nitrogens with zero attached hydrogens (tertiary/aromatic N) is 1. The zero-order chi connectivity index (χ0) is 18.0. The van der Waals surface area contributed by atoms with Crippen molar-refractivity contribution in [1.29, 1.82) is 0 Å². The van der Waals surface area contributed by atoms with Crippen LogP contribution in [0.25, 0.3) is 0 Å². The van der Waals surface area contributed by atoms with Gasteiger partial charge in [0.15, 0.2) is 0 Å². The Morgan fingerprint density at radius 3 is 2.00 bits per heavy atom. The Balaban J connectivity index is 2.26. The van der Waals surface area contributed by atoms with Crippen LogP contribution in [-0.4, -0.2) is 45.8 Å². The van der Waals surface area contributed by atoms with Crippen molar-refractivity contribution in [3.63, 3.8) is 0 Å². The fourth-order valence-electron chi connectivity index (χ4n) is 2.82. The van der Waals surface area contributed by atoms with Gasteiger partial charge in [0.1, 0.15) is 6.04 Å². The summed E-state index contributed by atoms with van der Waals surface area (Å²) in [5.74, 6) is -2.90. The minimum absolute atomic E-state index is 0.237. The Morgan fingerprint density at radius 1 is 1.08 bits per heavy atom. The van der Waals surface area contributed by atoms with Crippen molar-refractivity contribution in [2.45, 2.75) is 39.3 Å². The van der Waals surface area contributed by atoms with Gasteiger partial charge in [0, 0.05) is 6.04 Å². The molecule has 2 N–H and O–H groups in total. The molecule has 2 unspecified atom stereocenters. The number of imide groups is 1. The number of hydrogen-bond acceptors (Lipinski definition) is 4. The Kier molecular flexibility index (Phi) is 5.02. The number of carboxylic acid groups (broad SMARTS) is 1. The molecule has 0 bridgehead atoms. The lowest BCUT2D eigenvalue weighted by Gasteiger charge is -2.29. The number of amides is 3. The molecule has 1 heterocycles. The van der Waals surface area contributed by atoms with Gasteiger partial charge in [0.2, 0.25) is 5.91 Å². The third-order valence-corrected chi connectivity index (χ3v) is 3.87. The number of rotatable bonds is 6. The Morgan fingerprint density at radius 2 is 1.58 bits per heavy atom. The molecule has 2 rings (SSSR count). The summed E-state index contributed by atoms with van der Waals surface area (Å²) < 4.78 is 0. The lowest BCUT2D eigenvalue weighted by molar-refractivity contribution is -0.137. The molecule has 1 aliphatic rings. The number of hydrogen-bond donors (Lipinski definition) is 2. The van der Waals surface area contributed by atoms with Gasteiger partial charge in [-0.05, 0) is 25.0 Å². The number of carbonyl (C=O) groups is 4. The summed E-state index contributed by atoms with van der Waals surface area (Å²) in [5, 5.41) is 11.4. The highest BCUT2D eigenvalue weighted by Gasteiger charge is 2.44. The second-order valence-corrected chi connectivity index (χ2v) is 6.22. The topological polar surface area (TPSA) is 104 Å². The molecule has 1 aromatic rings. The van der Waals surface area contributed by atoms with Crippen LogP contribution in [0, 0.1) is 5.92 Å². The molecule has 1 aliphatic heterocycles. The molecular formula is C17H20N2O5. The van der Waals surface area contributed by atoms with Crippen molar-refractivity contribution in [2.75, 3.05) is 0 Å². The van der Waals surface area contributed by atoms with E-state index in [9.17, 15) is 19.2 Å². The summed E-state index contributed by atoms with van der Waals surface area (Å²) in [4.78, 5) is 49.4. The van der Waals surface area contributed by atoms with Crippen LogP contribution in [0.4, 0.5) is 0 Å². The summed E-state index contributed by atoms with van der Waals surface area (Å²) in [5.41, 5.74) is 0.555. The Bertz CT molecular complexity index is 663. The molecule has 0 aliphatic carbocycles. The average molecular weight is 332 g/mol. The average Bonchev–Trinajstić information content (AvgIpc) is 2.72. The highest BCUT2D eigenvalue weighted by molar-refractivity contribution is 6.22. The van der Waals surface area contributed by atoms with Crippen molar-refractivity contribution in [3.8, 4) is 0 Å². The van der Waals surface area contributed by atoms with Crippen LogP contribution >= 0.6 is 0 Å². The van der Waals surface area contributed by atoms with Gasteiger partial charge in [-0.2, -0.15) is 0 Å². The normalized spacial score (nSPS) is 16.1. The van der Waals surface area contributed by atoms with Crippen LogP contribution in [0.15, 0.2) is 24.3 Å². The minimum atomic E-state index is -1.04. The summed E-state index contributed by atoms with van der Waals surface area (Å²) >= 11 is 0. The number of aliphatic carboxylic acids is 1. The predicted molar refractivity (Wildman–Crippen MR) is 85.4 cm³/mol. The molecule has 7 heteroatoms. The van der Waals surface area contributed by atoms with E-state index in [0.29, 0.717) is 0 Å². The molecule has 128 valence electrons. The maximum atomic E-state index is 12.6. The summed E-state index contributed by atoms with van der Waals surface area (Å²) in [6.45, 7) is 5.02. The van der Waals surface area contributed by atoms with Crippen LogP contribution < -0.4 is 5.32 Å². The number of carbonyl (C=O) groups excluding carboxylic acids is 3. The Labute approximate surface area is 139 Å². The van der Waals surface area contributed by atoms with Crippen molar-refractivity contribution < 1.29 is 24.3 Å². The first-order valence-corrected chi connectivity index (χ1v) is 7.73. The first-order chi connectivity index (χ1) is 11.2. The number of nitrogens with one attached hydrogen (secondary N) is 1. The molecule has 1 aromatic carbocycles. The van der Waals surface area contributed by atoms with E-state index in [1.165, 1.54) is 0 Å². The van der Waals surface area contributed by atoms with Crippen molar-refractivity contribution in [3.05, 3.63) is 35.4 Å². The molecule has 2 atom stereocenters. The van der Waals surface area contributed by atoms with E-state index >= 15 is 0 Å². The molecule has 0 radical (unpaired) electrons. The molecule has 7 nitrogen and oxygen atoms in total. The second kappa shape index (κ2) is 6.82. The lowest BCUT2D eigenvalue weighted by atomic mass is 10.0. The van der Waals surface area contributed by atoms with Crippen LogP contribution in [0.2, 0.25) is 0 Å². The third kappa shape index (κ3) is 3.29. The maximum absolute atomic E-state index is 12.6. The number of carboxylic acids is 1. The zero-order valence-electron chi connectivity index (χ0n) is 13.8. The second-order valence-electron chi connectivity index (χ2n) is 6.22. The van der Waals surface area contributed by atoms with E-state index in [-0.39, 0.29) is 23.5 Å². The molecular weight excluding hydrogens is 312 g/mol. The van der Waals surface area contributed by atoms with E-state index in [1.807, 2.05) is 0 Å². The van der Waals surface area contributed by atoms with Gasteiger partial charge in [0.05, 0.1) is 17.5 Å². The van der Waals surface area contributed by atoms with Crippen LogP contribution in [0.5, 0.6) is 0 Å². The molecule has 0 spiro atoms. The smallest absolute Gasteiger partial charge is 0.305 e. The third-order valence-electron chi connectivity index (χ3n) is 3.87.